The van der Waals surface area contributed by atoms with E-state index < -0.39 is 27.1 Å². The molecule has 0 heterocycles. The summed E-state index contributed by atoms with van der Waals surface area (Å²) >= 11 is 4.05. The van der Waals surface area contributed by atoms with Crippen molar-refractivity contribution in [2.45, 2.75) is 6.18 Å². The first-order valence-corrected chi connectivity index (χ1v) is 4.55. The van der Waals surface area contributed by atoms with Gasteiger partial charge in [-0.25, -0.2) is 8.42 Å². The van der Waals surface area contributed by atoms with Gasteiger partial charge in [0.15, 0.2) is 10.9 Å². The summed E-state index contributed by atoms with van der Waals surface area (Å²) in [5.74, 6) is -1.99. The van der Waals surface area contributed by atoms with Crippen LogP contribution in [-0.4, -0.2) is 25.5 Å². The normalized spacial score (nSPS) is 12.6. The van der Waals surface area contributed by atoms with Crippen LogP contribution in [0.4, 0.5) is 13.2 Å². The standard InChI is InChI=1S/C3H5F3N2O2S2/c4-3(5,6)1-12(9,10)8-2(7)11/h1H2,(H3,7,8,11). The molecule has 0 aliphatic carbocycles. The number of hydrogen-bond acceptors (Lipinski definition) is 3. The van der Waals surface area contributed by atoms with Crippen molar-refractivity contribution in [3.63, 3.8) is 0 Å². The summed E-state index contributed by atoms with van der Waals surface area (Å²) in [4.78, 5) is 0. The van der Waals surface area contributed by atoms with E-state index in [0.717, 1.165) is 0 Å². The molecule has 0 saturated carbocycles. The van der Waals surface area contributed by atoms with Crippen molar-refractivity contribution in [1.82, 2.24) is 4.72 Å². The van der Waals surface area contributed by atoms with Crippen molar-refractivity contribution in [2.75, 3.05) is 5.75 Å². The molecule has 0 aromatic heterocycles. The molecule has 0 atom stereocenters. The van der Waals surface area contributed by atoms with Crippen molar-refractivity contribution < 1.29 is 21.6 Å². The lowest BCUT2D eigenvalue weighted by Gasteiger charge is -2.07. The van der Waals surface area contributed by atoms with E-state index >= 15 is 0 Å². The molecule has 0 fully saturated rings. The second kappa shape index (κ2) is 3.44. The molecule has 0 amide bonds. The van der Waals surface area contributed by atoms with Crippen molar-refractivity contribution in [2.24, 2.45) is 5.73 Å². The van der Waals surface area contributed by atoms with E-state index in [1.54, 1.807) is 0 Å². The Bertz CT molecular complexity index is 270. The minimum atomic E-state index is -4.80. The van der Waals surface area contributed by atoms with Crippen LogP contribution in [0.15, 0.2) is 0 Å². The van der Waals surface area contributed by atoms with E-state index in [9.17, 15) is 21.6 Å². The van der Waals surface area contributed by atoms with E-state index in [1.165, 1.54) is 4.72 Å². The predicted octanol–water partition coefficient (Wildman–Crippen LogP) is -0.288. The van der Waals surface area contributed by atoms with Gasteiger partial charge >= 0.3 is 6.18 Å². The Morgan fingerprint density at radius 1 is 1.50 bits per heavy atom. The van der Waals surface area contributed by atoms with Gasteiger partial charge in [0, 0.05) is 0 Å². The van der Waals surface area contributed by atoms with Crippen LogP contribution in [0.3, 0.4) is 0 Å². The maximum Gasteiger partial charge on any atom is 0.404 e. The monoisotopic (exact) mass is 222 g/mol. The van der Waals surface area contributed by atoms with Crippen LogP contribution in [0.5, 0.6) is 0 Å². The highest BCUT2D eigenvalue weighted by molar-refractivity contribution is 7.91. The van der Waals surface area contributed by atoms with Gasteiger partial charge in [-0.2, -0.15) is 13.2 Å². The number of thiocarbonyl (C=S) groups is 1. The SMILES string of the molecule is NC(=S)NS(=O)(=O)CC(F)(F)F. The summed E-state index contributed by atoms with van der Waals surface area (Å²) in [5.41, 5.74) is 4.67. The Morgan fingerprint density at radius 2 is 1.92 bits per heavy atom. The minimum absolute atomic E-state index is 0.709. The molecule has 72 valence electrons. The molecule has 0 radical (unpaired) electrons. The second-order valence-corrected chi connectivity index (χ2v) is 4.00. The lowest BCUT2D eigenvalue weighted by Crippen LogP contribution is -2.40. The molecule has 0 rings (SSSR count). The van der Waals surface area contributed by atoms with E-state index in [4.69, 9.17) is 0 Å². The molecule has 0 aromatic carbocycles. The van der Waals surface area contributed by atoms with Crippen LogP contribution in [0.1, 0.15) is 0 Å². The van der Waals surface area contributed by atoms with E-state index in [0.29, 0.717) is 0 Å². The molecule has 0 aliphatic rings. The lowest BCUT2D eigenvalue weighted by molar-refractivity contribution is -0.106. The van der Waals surface area contributed by atoms with Gasteiger partial charge in [0.2, 0.25) is 10.0 Å². The highest BCUT2D eigenvalue weighted by Crippen LogP contribution is 2.16. The predicted molar refractivity (Wildman–Crippen MR) is 39.8 cm³/mol. The Morgan fingerprint density at radius 3 is 2.17 bits per heavy atom. The Kier molecular flexibility index (Phi) is 3.27. The molecule has 4 nitrogen and oxygen atoms in total. The maximum atomic E-state index is 11.5. The smallest absolute Gasteiger partial charge is 0.376 e. The summed E-state index contributed by atoms with van der Waals surface area (Å²) in [6, 6.07) is 0. The molecular formula is C3H5F3N2O2S2. The number of hydrogen-bond donors (Lipinski definition) is 2. The summed E-state index contributed by atoms with van der Waals surface area (Å²) in [6.45, 7) is 0. The molecule has 9 heteroatoms. The molecular weight excluding hydrogens is 217 g/mol. The third-order valence-corrected chi connectivity index (χ3v) is 2.08. The average molecular weight is 222 g/mol. The summed E-state index contributed by atoms with van der Waals surface area (Å²) in [5, 5.41) is -0.709. The van der Waals surface area contributed by atoms with Gasteiger partial charge in [0.25, 0.3) is 0 Å². The zero-order chi connectivity index (χ0) is 9.99. The number of rotatable bonds is 2. The summed E-state index contributed by atoms with van der Waals surface area (Å²) in [6.07, 6.45) is -4.80. The van der Waals surface area contributed by atoms with Crippen LogP contribution in [0, 0.1) is 0 Å². The molecule has 12 heavy (non-hydrogen) atoms. The Hall–Kier alpha value is -0.570. The average Bonchev–Trinajstić information content (AvgIpc) is 1.48. The van der Waals surface area contributed by atoms with Crippen LogP contribution < -0.4 is 10.5 Å². The zero-order valence-corrected chi connectivity index (χ0v) is 7.18. The quantitative estimate of drug-likeness (QED) is 0.630. The van der Waals surface area contributed by atoms with Crippen molar-refractivity contribution in [3.8, 4) is 0 Å². The minimum Gasteiger partial charge on any atom is -0.376 e. The van der Waals surface area contributed by atoms with Gasteiger partial charge in [-0.1, -0.05) is 0 Å². The maximum absolute atomic E-state index is 11.5. The second-order valence-electron chi connectivity index (χ2n) is 1.84. The van der Waals surface area contributed by atoms with Crippen molar-refractivity contribution >= 4 is 27.4 Å². The van der Waals surface area contributed by atoms with Crippen molar-refractivity contribution in [1.29, 1.82) is 0 Å². The van der Waals surface area contributed by atoms with Gasteiger partial charge in [0.05, 0.1) is 0 Å². The largest absolute Gasteiger partial charge is 0.404 e. The molecule has 0 unspecified atom stereocenters. The van der Waals surface area contributed by atoms with Gasteiger partial charge in [-0.05, 0) is 12.2 Å². The third kappa shape index (κ3) is 6.16. The van der Waals surface area contributed by atoms with E-state index in [2.05, 4.69) is 18.0 Å². The molecule has 0 aliphatic heterocycles. The van der Waals surface area contributed by atoms with Crippen LogP contribution >= 0.6 is 12.2 Å². The number of halogens is 3. The van der Waals surface area contributed by atoms with Crippen molar-refractivity contribution in [3.05, 3.63) is 0 Å². The lowest BCUT2D eigenvalue weighted by atomic mass is 10.8. The number of alkyl halides is 3. The van der Waals surface area contributed by atoms with Crippen LogP contribution in [0.25, 0.3) is 0 Å². The Labute approximate surface area is 72.0 Å². The third-order valence-electron chi connectivity index (χ3n) is 0.610. The zero-order valence-electron chi connectivity index (χ0n) is 5.55. The first-order chi connectivity index (χ1) is 5.12. The number of sulfonamides is 1. The number of nitrogens with two attached hydrogens (primary N) is 1. The topological polar surface area (TPSA) is 72.2 Å². The van der Waals surface area contributed by atoms with Crippen LogP contribution in [-0.2, 0) is 10.0 Å². The highest BCUT2D eigenvalue weighted by atomic mass is 32.2. The molecule has 0 spiro atoms. The van der Waals surface area contributed by atoms with Gasteiger partial charge < -0.3 is 5.73 Å². The summed E-state index contributed by atoms with van der Waals surface area (Å²) < 4.78 is 56.7. The summed E-state index contributed by atoms with van der Waals surface area (Å²) in [7, 11) is -4.48. The van der Waals surface area contributed by atoms with Gasteiger partial charge in [0.1, 0.15) is 0 Å². The molecule has 0 bridgehead atoms. The van der Waals surface area contributed by atoms with E-state index in [1.807, 2.05) is 0 Å². The van der Waals surface area contributed by atoms with E-state index in [-0.39, 0.29) is 0 Å². The fourth-order valence-electron chi connectivity index (χ4n) is 0.405. The van der Waals surface area contributed by atoms with Gasteiger partial charge in [-0.3, -0.25) is 4.72 Å². The number of nitrogens with one attached hydrogen (secondary N) is 1. The first kappa shape index (κ1) is 11.4. The van der Waals surface area contributed by atoms with Gasteiger partial charge in [-0.15, -0.1) is 0 Å². The molecule has 0 aromatic rings. The highest BCUT2D eigenvalue weighted by Gasteiger charge is 2.35. The Balaban J connectivity index is 4.36. The fourth-order valence-corrected chi connectivity index (χ4v) is 1.60. The van der Waals surface area contributed by atoms with Crippen LogP contribution in [0.2, 0.25) is 0 Å². The first-order valence-electron chi connectivity index (χ1n) is 2.49. The molecule has 0 saturated heterocycles. The molecule has 3 N–H and O–H groups in total. The fraction of sp³-hybridized carbons (Fsp3) is 0.667.